The van der Waals surface area contributed by atoms with E-state index >= 15 is 0 Å². The first-order chi connectivity index (χ1) is 17.3. The number of alkyl halides is 3. The summed E-state index contributed by atoms with van der Waals surface area (Å²) in [5.74, 6) is -0.0571. The van der Waals surface area contributed by atoms with Crippen LogP contribution in [0.15, 0.2) is 35.3 Å². The van der Waals surface area contributed by atoms with Gasteiger partial charge in [-0.1, -0.05) is 32.6 Å². The summed E-state index contributed by atoms with van der Waals surface area (Å²) in [6, 6.07) is 6.77. The number of rotatable bonds is 10. The predicted octanol–water partition coefficient (Wildman–Crippen LogP) is 4.65. The monoisotopic (exact) mass is 541 g/mol. The zero-order valence-corrected chi connectivity index (χ0v) is 22.8. The molecule has 0 N–H and O–H groups in total. The van der Waals surface area contributed by atoms with Crippen molar-refractivity contribution in [3.63, 3.8) is 0 Å². The Balaban J connectivity index is 1.82. The highest BCUT2D eigenvalue weighted by Crippen LogP contribution is 2.37. The van der Waals surface area contributed by atoms with Crippen molar-refractivity contribution < 1.29 is 32.2 Å². The van der Waals surface area contributed by atoms with Crippen LogP contribution in [0, 0.1) is 5.92 Å². The minimum Gasteiger partial charge on any atom is -0.491 e. The third-order valence-electron chi connectivity index (χ3n) is 6.15. The van der Waals surface area contributed by atoms with Gasteiger partial charge in [-0.05, 0) is 36.6 Å². The van der Waals surface area contributed by atoms with E-state index in [1.807, 2.05) is 6.92 Å². The molecule has 37 heavy (non-hydrogen) atoms. The van der Waals surface area contributed by atoms with Gasteiger partial charge in [-0.3, -0.25) is 4.79 Å². The fourth-order valence-corrected chi connectivity index (χ4v) is 4.97. The Labute approximate surface area is 215 Å². The summed E-state index contributed by atoms with van der Waals surface area (Å²) in [4.78, 5) is 26.2. The Morgan fingerprint density at radius 1 is 1.24 bits per heavy atom. The van der Waals surface area contributed by atoms with E-state index in [1.165, 1.54) is 13.2 Å². The maximum Gasteiger partial charge on any atom is 0.423 e. The molecule has 1 aliphatic heterocycles. The number of aromatic nitrogens is 2. The van der Waals surface area contributed by atoms with Crippen LogP contribution < -0.4 is 15.2 Å². The molecule has 0 bridgehead atoms. The summed E-state index contributed by atoms with van der Waals surface area (Å²) in [5, 5.41) is 4.01. The normalized spacial score (nSPS) is 18.2. The van der Waals surface area contributed by atoms with Gasteiger partial charge in [0, 0.05) is 21.2 Å². The van der Waals surface area contributed by atoms with Crippen molar-refractivity contribution in [2.24, 2.45) is 5.92 Å². The zero-order chi connectivity index (χ0) is 27.4. The molecule has 2 atom stereocenters. The molecule has 0 aliphatic carbocycles. The van der Waals surface area contributed by atoms with Crippen LogP contribution >= 0.6 is 0 Å². The van der Waals surface area contributed by atoms with E-state index in [-0.39, 0.29) is 24.9 Å². The Morgan fingerprint density at radius 2 is 1.97 bits per heavy atom. The second-order valence-electron chi connectivity index (χ2n) is 10.5. The third kappa shape index (κ3) is 7.57. The van der Waals surface area contributed by atoms with Gasteiger partial charge in [-0.2, -0.15) is 18.3 Å². The van der Waals surface area contributed by atoms with E-state index in [0.29, 0.717) is 30.9 Å². The summed E-state index contributed by atoms with van der Waals surface area (Å²) in [7, 11) is -0.117. The SMILES string of the molecule is COC(=O)c1cccc(OC[C@@H]2C[C@H](C)CN2c2cnn(COCC[Si](C)(C)C)c(=O)c2C(F)(F)F)c1. The van der Waals surface area contributed by atoms with Gasteiger partial charge in [0.25, 0.3) is 5.56 Å². The molecule has 8 nitrogen and oxygen atoms in total. The van der Waals surface area contributed by atoms with Crippen molar-refractivity contribution in [2.45, 2.75) is 58.0 Å². The Kier molecular flexibility index (Phi) is 9.06. The molecule has 0 amide bonds. The van der Waals surface area contributed by atoms with Crippen molar-refractivity contribution in [1.82, 2.24) is 9.78 Å². The highest BCUT2D eigenvalue weighted by Gasteiger charge is 2.42. The number of hydrogen-bond acceptors (Lipinski definition) is 7. The van der Waals surface area contributed by atoms with E-state index in [0.717, 1.165) is 16.9 Å². The minimum atomic E-state index is -4.87. The first kappa shape index (κ1) is 28.7. The molecule has 1 aromatic carbocycles. The summed E-state index contributed by atoms with van der Waals surface area (Å²) in [6.45, 7) is 8.80. The van der Waals surface area contributed by atoms with Crippen LogP contribution in [-0.2, 0) is 22.4 Å². The van der Waals surface area contributed by atoms with Crippen molar-refractivity contribution in [3.8, 4) is 5.75 Å². The fourth-order valence-electron chi connectivity index (χ4n) is 4.21. The number of hydrogen-bond donors (Lipinski definition) is 0. The second kappa shape index (κ2) is 11.7. The number of ether oxygens (including phenoxy) is 3. The lowest BCUT2D eigenvalue weighted by Crippen LogP contribution is -2.40. The number of carbonyl (C=O) groups excluding carboxylic acids is 1. The van der Waals surface area contributed by atoms with Crippen LogP contribution in [0.25, 0.3) is 0 Å². The molecular formula is C25H34F3N3O5Si. The molecule has 204 valence electrons. The molecular weight excluding hydrogens is 507 g/mol. The summed E-state index contributed by atoms with van der Waals surface area (Å²) in [5.41, 5.74) is -2.46. The van der Waals surface area contributed by atoms with Gasteiger partial charge < -0.3 is 19.1 Å². The maximum absolute atomic E-state index is 14.1. The van der Waals surface area contributed by atoms with E-state index in [9.17, 15) is 22.8 Å². The van der Waals surface area contributed by atoms with E-state index in [2.05, 4.69) is 24.7 Å². The van der Waals surface area contributed by atoms with Crippen LogP contribution in [0.3, 0.4) is 0 Å². The molecule has 0 spiro atoms. The predicted molar refractivity (Wildman–Crippen MR) is 136 cm³/mol. The number of anilines is 1. The van der Waals surface area contributed by atoms with E-state index < -0.39 is 37.4 Å². The molecule has 3 rings (SSSR count). The molecule has 1 aromatic heterocycles. The lowest BCUT2D eigenvalue weighted by Gasteiger charge is -2.29. The summed E-state index contributed by atoms with van der Waals surface area (Å²) in [6.07, 6.45) is -3.21. The van der Waals surface area contributed by atoms with Crippen LogP contribution in [0.2, 0.25) is 25.7 Å². The molecule has 0 unspecified atom stereocenters. The smallest absolute Gasteiger partial charge is 0.423 e. The highest BCUT2D eigenvalue weighted by molar-refractivity contribution is 6.76. The van der Waals surface area contributed by atoms with E-state index in [1.54, 1.807) is 23.1 Å². The number of nitrogens with zero attached hydrogens (tertiary/aromatic N) is 3. The van der Waals surface area contributed by atoms with Gasteiger partial charge in [-0.25, -0.2) is 9.48 Å². The standard InChI is InChI=1S/C25H34F3N3O5Si/c1-17-11-19(15-36-20-8-6-7-18(12-20)24(33)34-2)30(14-17)21-13-29-31(16-35-9-10-37(3,4)5)23(32)22(21)25(26,27)28/h6-8,12-13,17,19H,9-11,14-16H2,1-5H3/t17-,19-/m0/s1. The van der Waals surface area contributed by atoms with Crippen LogP contribution in [-0.4, -0.2) is 56.7 Å². The third-order valence-corrected chi connectivity index (χ3v) is 7.85. The highest BCUT2D eigenvalue weighted by atomic mass is 28.3. The van der Waals surface area contributed by atoms with Gasteiger partial charge in [0.05, 0.1) is 30.6 Å². The molecule has 0 radical (unpaired) electrons. The number of methoxy groups -OCH3 is 1. The topological polar surface area (TPSA) is 82.9 Å². The Bertz CT molecular complexity index is 1150. The molecule has 0 saturated carbocycles. The van der Waals surface area contributed by atoms with Crippen LogP contribution in [0.1, 0.15) is 29.3 Å². The summed E-state index contributed by atoms with van der Waals surface area (Å²) >= 11 is 0. The van der Waals surface area contributed by atoms with Gasteiger partial charge >= 0.3 is 12.1 Å². The van der Waals surface area contributed by atoms with E-state index in [4.69, 9.17) is 14.2 Å². The molecule has 1 saturated heterocycles. The maximum atomic E-state index is 14.1. The quantitative estimate of drug-likeness (QED) is 0.246. The lowest BCUT2D eigenvalue weighted by atomic mass is 10.1. The van der Waals surface area contributed by atoms with Crippen molar-refractivity contribution in [2.75, 3.05) is 31.8 Å². The molecule has 12 heteroatoms. The molecule has 2 heterocycles. The first-order valence-electron chi connectivity index (χ1n) is 12.1. The van der Waals surface area contributed by atoms with Crippen LogP contribution in [0.5, 0.6) is 5.75 Å². The summed E-state index contributed by atoms with van der Waals surface area (Å²) < 4.78 is 59.2. The van der Waals surface area contributed by atoms with Crippen molar-refractivity contribution in [1.29, 1.82) is 0 Å². The van der Waals surface area contributed by atoms with Gasteiger partial charge in [0.15, 0.2) is 0 Å². The van der Waals surface area contributed by atoms with Crippen LogP contribution in [0.4, 0.5) is 18.9 Å². The Morgan fingerprint density at radius 3 is 2.62 bits per heavy atom. The van der Waals surface area contributed by atoms with Gasteiger partial charge in [0.1, 0.15) is 24.7 Å². The average Bonchev–Trinajstić information content (AvgIpc) is 3.19. The van der Waals surface area contributed by atoms with Crippen molar-refractivity contribution >= 4 is 19.7 Å². The van der Waals surface area contributed by atoms with Crippen molar-refractivity contribution in [3.05, 3.63) is 51.9 Å². The molecule has 2 aromatic rings. The van der Waals surface area contributed by atoms with Gasteiger partial charge in [0.2, 0.25) is 0 Å². The fraction of sp³-hybridized carbons (Fsp3) is 0.560. The molecule has 1 fully saturated rings. The molecule has 1 aliphatic rings. The lowest BCUT2D eigenvalue weighted by molar-refractivity contribution is -0.138. The van der Waals surface area contributed by atoms with Gasteiger partial charge in [-0.15, -0.1) is 0 Å². The number of halogens is 3. The number of benzene rings is 1. The second-order valence-corrected chi connectivity index (χ2v) is 16.2. The largest absolute Gasteiger partial charge is 0.491 e. The minimum absolute atomic E-state index is 0.0646. The Hall–Kier alpha value is -2.86. The zero-order valence-electron chi connectivity index (χ0n) is 21.8. The average molecular weight is 542 g/mol. The number of carbonyl (C=O) groups is 1. The first-order valence-corrected chi connectivity index (χ1v) is 15.8. The number of esters is 1.